The zero-order valence-corrected chi connectivity index (χ0v) is 12.8. The highest BCUT2D eigenvalue weighted by Gasteiger charge is 2.12. The Labute approximate surface area is 128 Å². The molecule has 1 nitrogen and oxygen atoms in total. The average Bonchev–Trinajstić information content (AvgIpc) is 2.55. The van der Waals surface area contributed by atoms with E-state index in [-0.39, 0.29) is 5.78 Å². The quantitative estimate of drug-likeness (QED) is 0.465. The monoisotopic (exact) mass is 280 g/mol. The minimum atomic E-state index is 0.139. The standard InChI is InChI=1S/C20H24O/c1-2-3-4-5-7-12-17-13-10-11-16-19(17)20(21)18-14-8-6-9-15-18/h6,8-11,13-16H,2-5,7,12H2,1H3. The van der Waals surface area contributed by atoms with Gasteiger partial charge in [-0.15, -0.1) is 0 Å². The van der Waals surface area contributed by atoms with Gasteiger partial charge in [-0.05, 0) is 18.4 Å². The topological polar surface area (TPSA) is 17.1 Å². The van der Waals surface area contributed by atoms with Crippen molar-refractivity contribution in [2.75, 3.05) is 0 Å². The zero-order valence-electron chi connectivity index (χ0n) is 12.8. The van der Waals surface area contributed by atoms with Crippen molar-refractivity contribution >= 4 is 5.78 Å². The minimum absolute atomic E-state index is 0.139. The lowest BCUT2D eigenvalue weighted by atomic mass is 9.95. The summed E-state index contributed by atoms with van der Waals surface area (Å²) in [6.07, 6.45) is 7.29. The molecule has 2 rings (SSSR count). The molecule has 0 bridgehead atoms. The van der Waals surface area contributed by atoms with Crippen LogP contribution in [0.2, 0.25) is 0 Å². The maximum absolute atomic E-state index is 12.6. The van der Waals surface area contributed by atoms with Gasteiger partial charge in [0.2, 0.25) is 0 Å². The molecule has 0 aliphatic rings. The molecule has 110 valence electrons. The number of carbonyl (C=O) groups is 1. The van der Waals surface area contributed by atoms with E-state index in [2.05, 4.69) is 13.0 Å². The van der Waals surface area contributed by atoms with E-state index < -0.39 is 0 Å². The van der Waals surface area contributed by atoms with Gasteiger partial charge in [0.25, 0.3) is 0 Å². The normalized spacial score (nSPS) is 10.5. The molecule has 0 amide bonds. The molecule has 0 atom stereocenters. The first-order valence-corrected chi connectivity index (χ1v) is 8.00. The number of hydrogen-bond acceptors (Lipinski definition) is 1. The van der Waals surface area contributed by atoms with Gasteiger partial charge in [0.1, 0.15) is 0 Å². The van der Waals surface area contributed by atoms with Gasteiger partial charge in [0, 0.05) is 11.1 Å². The SMILES string of the molecule is CCCCCCCc1ccccc1C(=O)c1ccccc1. The first-order valence-electron chi connectivity index (χ1n) is 8.00. The molecule has 0 aliphatic heterocycles. The molecular formula is C20H24O. The average molecular weight is 280 g/mol. The fraction of sp³-hybridized carbons (Fsp3) is 0.350. The summed E-state index contributed by atoms with van der Waals surface area (Å²) < 4.78 is 0. The molecule has 0 spiro atoms. The Morgan fingerprint density at radius 2 is 1.48 bits per heavy atom. The van der Waals surface area contributed by atoms with Crippen LogP contribution in [0.5, 0.6) is 0 Å². The second-order valence-corrected chi connectivity index (χ2v) is 5.52. The van der Waals surface area contributed by atoms with Crippen molar-refractivity contribution in [2.45, 2.75) is 45.4 Å². The van der Waals surface area contributed by atoms with Gasteiger partial charge in [0.05, 0.1) is 0 Å². The molecule has 0 heterocycles. The second-order valence-electron chi connectivity index (χ2n) is 5.52. The van der Waals surface area contributed by atoms with Crippen LogP contribution in [-0.4, -0.2) is 5.78 Å². The Morgan fingerprint density at radius 1 is 0.810 bits per heavy atom. The largest absolute Gasteiger partial charge is 0.289 e. The van der Waals surface area contributed by atoms with E-state index in [9.17, 15) is 4.79 Å². The summed E-state index contributed by atoms with van der Waals surface area (Å²) in [5.41, 5.74) is 2.82. The molecule has 0 aliphatic carbocycles. The highest BCUT2D eigenvalue weighted by Crippen LogP contribution is 2.17. The van der Waals surface area contributed by atoms with Crippen LogP contribution in [0.4, 0.5) is 0 Å². The van der Waals surface area contributed by atoms with Crippen molar-refractivity contribution in [1.82, 2.24) is 0 Å². The number of unbranched alkanes of at least 4 members (excludes halogenated alkanes) is 4. The van der Waals surface area contributed by atoms with Gasteiger partial charge in [-0.2, -0.15) is 0 Å². The maximum atomic E-state index is 12.6. The summed E-state index contributed by atoms with van der Waals surface area (Å²) in [6, 6.07) is 17.6. The molecule has 0 unspecified atom stereocenters. The van der Waals surface area contributed by atoms with Crippen LogP contribution in [0.1, 0.15) is 60.5 Å². The zero-order chi connectivity index (χ0) is 14.9. The third-order valence-electron chi connectivity index (χ3n) is 3.85. The maximum Gasteiger partial charge on any atom is 0.193 e. The van der Waals surface area contributed by atoms with Crippen molar-refractivity contribution in [1.29, 1.82) is 0 Å². The minimum Gasteiger partial charge on any atom is -0.289 e. The van der Waals surface area contributed by atoms with Crippen molar-refractivity contribution < 1.29 is 4.79 Å². The molecule has 1 heteroatoms. The number of benzene rings is 2. The number of rotatable bonds is 8. The van der Waals surface area contributed by atoms with Gasteiger partial charge in [0.15, 0.2) is 5.78 Å². The highest BCUT2D eigenvalue weighted by molar-refractivity contribution is 6.09. The fourth-order valence-electron chi connectivity index (χ4n) is 2.62. The van der Waals surface area contributed by atoms with E-state index >= 15 is 0 Å². The van der Waals surface area contributed by atoms with Crippen molar-refractivity contribution in [2.24, 2.45) is 0 Å². The molecule has 0 fully saturated rings. The summed E-state index contributed by atoms with van der Waals surface area (Å²) >= 11 is 0. The Balaban J connectivity index is 2.05. The first-order chi connectivity index (χ1) is 10.3. The summed E-state index contributed by atoms with van der Waals surface area (Å²) in [5, 5.41) is 0. The van der Waals surface area contributed by atoms with Gasteiger partial charge in [-0.1, -0.05) is 87.2 Å². The first kappa shape index (κ1) is 15.5. The van der Waals surface area contributed by atoms with E-state index in [1.807, 2.05) is 48.5 Å². The number of aryl methyl sites for hydroxylation is 1. The Hall–Kier alpha value is -1.89. The van der Waals surface area contributed by atoms with E-state index in [0.29, 0.717) is 0 Å². The number of ketones is 1. The van der Waals surface area contributed by atoms with Crippen LogP contribution in [-0.2, 0) is 6.42 Å². The van der Waals surface area contributed by atoms with Crippen molar-refractivity contribution in [3.63, 3.8) is 0 Å². The molecule has 0 saturated heterocycles. The second kappa shape index (κ2) is 8.41. The van der Waals surface area contributed by atoms with E-state index in [0.717, 1.165) is 17.5 Å². The van der Waals surface area contributed by atoms with Gasteiger partial charge in [-0.3, -0.25) is 4.79 Å². The predicted octanol–water partition coefficient (Wildman–Crippen LogP) is 5.43. The Bertz CT molecular complexity index is 557. The lowest BCUT2D eigenvalue weighted by molar-refractivity contribution is 0.103. The Kier molecular flexibility index (Phi) is 6.21. The lowest BCUT2D eigenvalue weighted by Crippen LogP contribution is -2.05. The summed E-state index contributed by atoms with van der Waals surface area (Å²) in [6.45, 7) is 2.23. The fourth-order valence-corrected chi connectivity index (χ4v) is 2.62. The van der Waals surface area contributed by atoms with E-state index in [1.54, 1.807) is 0 Å². The smallest absolute Gasteiger partial charge is 0.193 e. The van der Waals surface area contributed by atoms with Gasteiger partial charge >= 0.3 is 0 Å². The number of carbonyl (C=O) groups excluding carboxylic acids is 1. The molecule has 2 aromatic carbocycles. The summed E-state index contributed by atoms with van der Waals surface area (Å²) in [4.78, 5) is 12.6. The lowest BCUT2D eigenvalue weighted by Gasteiger charge is -2.09. The van der Waals surface area contributed by atoms with Crippen molar-refractivity contribution in [3.05, 3.63) is 71.3 Å². The van der Waals surface area contributed by atoms with Gasteiger partial charge in [-0.25, -0.2) is 0 Å². The third-order valence-corrected chi connectivity index (χ3v) is 3.85. The summed E-state index contributed by atoms with van der Waals surface area (Å²) in [5.74, 6) is 0.139. The van der Waals surface area contributed by atoms with Crippen molar-refractivity contribution in [3.8, 4) is 0 Å². The molecule has 0 N–H and O–H groups in total. The highest BCUT2D eigenvalue weighted by atomic mass is 16.1. The third kappa shape index (κ3) is 4.56. The number of hydrogen-bond donors (Lipinski definition) is 0. The van der Waals surface area contributed by atoms with Gasteiger partial charge < -0.3 is 0 Å². The van der Waals surface area contributed by atoms with Crippen LogP contribution >= 0.6 is 0 Å². The van der Waals surface area contributed by atoms with Crippen LogP contribution < -0.4 is 0 Å². The molecular weight excluding hydrogens is 256 g/mol. The summed E-state index contributed by atoms with van der Waals surface area (Å²) in [7, 11) is 0. The predicted molar refractivity (Wildman–Crippen MR) is 88.8 cm³/mol. The van der Waals surface area contributed by atoms with Crippen LogP contribution in [0, 0.1) is 0 Å². The van der Waals surface area contributed by atoms with E-state index in [4.69, 9.17) is 0 Å². The Morgan fingerprint density at radius 3 is 2.24 bits per heavy atom. The van der Waals surface area contributed by atoms with Crippen LogP contribution in [0.25, 0.3) is 0 Å². The molecule has 0 radical (unpaired) electrons. The van der Waals surface area contributed by atoms with Crippen LogP contribution in [0.15, 0.2) is 54.6 Å². The molecule has 2 aromatic rings. The molecule has 0 saturated carbocycles. The van der Waals surface area contributed by atoms with Crippen LogP contribution in [0.3, 0.4) is 0 Å². The molecule has 0 aromatic heterocycles. The molecule has 21 heavy (non-hydrogen) atoms. The van der Waals surface area contributed by atoms with E-state index in [1.165, 1.54) is 37.7 Å².